The van der Waals surface area contributed by atoms with Crippen LogP contribution in [0.1, 0.15) is 18.9 Å². The molecule has 0 aliphatic heterocycles. The summed E-state index contributed by atoms with van der Waals surface area (Å²) in [5, 5.41) is 2.64. The van der Waals surface area contributed by atoms with Crippen molar-refractivity contribution in [2.45, 2.75) is 29.7 Å². The molecule has 25 heavy (non-hydrogen) atoms. The van der Waals surface area contributed by atoms with Crippen LogP contribution in [-0.2, 0) is 11.0 Å². The number of halogens is 5. The van der Waals surface area contributed by atoms with E-state index in [1.165, 1.54) is 11.8 Å². The van der Waals surface area contributed by atoms with Gasteiger partial charge in [0.2, 0.25) is 5.91 Å². The summed E-state index contributed by atoms with van der Waals surface area (Å²) < 4.78 is 38.4. The average molecular weight is 408 g/mol. The van der Waals surface area contributed by atoms with E-state index in [0.717, 1.165) is 23.1 Å². The van der Waals surface area contributed by atoms with Crippen LogP contribution >= 0.6 is 35.0 Å². The van der Waals surface area contributed by atoms with Crippen LogP contribution in [0.3, 0.4) is 0 Å². The number of hydrogen-bond donors (Lipinski definition) is 1. The summed E-state index contributed by atoms with van der Waals surface area (Å²) in [6.45, 7) is 1.82. The molecule has 0 unspecified atom stereocenters. The minimum atomic E-state index is -4.51. The number of benzene rings is 2. The monoisotopic (exact) mass is 407 g/mol. The highest BCUT2D eigenvalue weighted by molar-refractivity contribution is 8.00. The quantitative estimate of drug-likeness (QED) is 0.571. The lowest BCUT2D eigenvalue weighted by Gasteiger charge is -2.16. The van der Waals surface area contributed by atoms with Crippen LogP contribution in [0.15, 0.2) is 47.4 Å². The molecule has 0 aliphatic carbocycles. The Labute approximate surface area is 157 Å². The van der Waals surface area contributed by atoms with Gasteiger partial charge in [-0.25, -0.2) is 0 Å². The zero-order valence-electron chi connectivity index (χ0n) is 13.0. The first-order valence-electron chi connectivity index (χ1n) is 7.30. The molecule has 0 bridgehead atoms. The molecule has 1 atom stereocenters. The number of anilines is 1. The molecule has 134 valence electrons. The van der Waals surface area contributed by atoms with Gasteiger partial charge in [0, 0.05) is 9.92 Å². The van der Waals surface area contributed by atoms with Gasteiger partial charge in [-0.05, 0) is 48.9 Å². The summed E-state index contributed by atoms with van der Waals surface area (Å²) in [7, 11) is 0. The first-order valence-corrected chi connectivity index (χ1v) is 8.94. The number of thioether (sulfide) groups is 1. The highest BCUT2D eigenvalue weighted by Crippen LogP contribution is 2.34. The normalized spacial score (nSPS) is 12.7. The van der Waals surface area contributed by atoms with Crippen molar-refractivity contribution in [2.24, 2.45) is 0 Å². The largest absolute Gasteiger partial charge is 0.416 e. The van der Waals surface area contributed by atoms with Gasteiger partial charge in [0.05, 0.1) is 21.5 Å². The van der Waals surface area contributed by atoms with Crippen LogP contribution in [0, 0.1) is 0 Å². The molecule has 2 rings (SSSR count). The molecule has 2 aromatic rings. The van der Waals surface area contributed by atoms with E-state index < -0.39 is 22.9 Å². The van der Waals surface area contributed by atoms with E-state index in [1.807, 2.05) is 6.92 Å². The van der Waals surface area contributed by atoms with Gasteiger partial charge in [0.25, 0.3) is 0 Å². The topological polar surface area (TPSA) is 29.1 Å². The highest BCUT2D eigenvalue weighted by atomic mass is 35.5. The zero-order valence-corrected chi connectivity index (χ0v) is 15.4. The molecule has 0 saturated carbocycles. The molecular weight excluding hydrogens is 394 g/mol. The lowest BCUT2D eigenvalue weighted by Crippen LogP contribution is -2.25. The summed E-state index contributed by atoms with van der Waals surface area (Å²) in [6, 6.07) is 9.79. The Kier molecular flexibility index (Phi) is 6.65. The summed E-state index contributed by atoms with van der Waals surface area (Å²) in [5.74, 6) is -0.413. The van der Waals surface area contributed by atoms with Gasteiger partial charge >= 0.3 is 6.18 Å². The van der Waals surface area contributed by atoms with Crippen molar-refractivity contribution < 1.29 is 18.0 Å². The van der Waals surface area contributed by atoms with Gasteiger partial charge in [-0.2, -0.15) is 13.2 Å². The second-order valence-corrected chi connectivity index (χ2v) is 7.27. The summed E-state index contributed by atoms with van der Waals surface area (Å²) in [6.07, 6.45) is -4.01. The molecule has 0 aromatic heterocycles. The first kappa shape index (κ1) is 19.9. The number of nitrogens with one attached hydrogen (secondary N) is 1. The van der Waals surface area contributed by atoms with Gasteiger partial charge in [-0.15, -0.1) is 11.8 Å². The average Bonchev–Trinajstić information content (AvgIpc) is 2.55. The number of carbonyl (C=O) groups excluding carboxylic acids is 1. The van der Waals surface area contributed by atoms with Gasteiger partial charge < -0.3 is 5.32 Å². The molecule has 8 heteroatoms. The number of hydrogen-bond acceptors (Lipinski definition) is 2. The summed E-state index contributed by atoms with van der Waals surface area (Å²) in [4.78, 5) is 13.3. The molecule has 0 aliphatic rings. The van der Waals surface area contributed by atoms with E-state index in [9.17, 15) is 18.0 Å². The van der Waals surface area contributed by atoms with Crippen molar-refractivity contribution in [1.29, 1.82) is 0 Å². The molecule has 1 N–H and O–H groups in total. The number of carbonyl (C=O) groups is 1. The fourth-order valence-electron chi connectivity index (χ4n) is 2.01. The van der Waals surface area contributed by atoms with Crippen molar-refractivity contribution in [2.75, 3.05) is 5.32 Å². The van der Waals surface area contributed by atoms with E-state index >= 15 is 0 Å². The van der Waals surface area contributed by atoms with Crippen LogP contribution in [0.2, 0.25) is 10.0 Å². The van der Waals surface area contributed by atoms with E-state index in [0.29, 0.717) is 11.4 Å². The third-order valence-corrected chi connectivity index (χ3v) is 5.26. The molecule has 2 nitrogen and oxygen atoms in total. The van der Waals surface area contributed by atoms with E-state index in [1.54, 1.807) is 24.3 Å². The molecule has 0 saturated heterocycles. The smallest absolute Gasteiger partial charge is 0.324 e. The molecule has 0 spiro atoms. The van der Waals surface area contributed by atoms with Crippen LogP contribution in [0.25, 0.3) is 0 Å². The van der Waals surface area contributed by atoms with Crippen LogP contribution < -0.4 is 5.32 Å². The maximum Gasteiger partial charge on any atom is 0.416 e. The standard InChI is InChI=1S/C17H14Cl2F3NOS/c1-2-15(25-12-6-4-11(18)5-7-12)16(24)23-14-9-10(17(20,21)22)3-8-13(14)19/h3-9,15H,2H2,1H3,(H,23,24)/t15-/m1/s1. The van der Waals surface area contributed by atoms with Gasteiger partial charge in [0.1, 0.15) is 0 Å². The summed E-state index contributed by atoms with van der Waals surface area (Å²) in [5.41, 5.74) is -0.928. The fourth-order valence-corrected chi connectivity index (χ4v) is 3.26. The van der Waals surface area contributed by atoms with Crippen LogP contribution in [-0.4, -0.2) is 11.2 Å². The number of amides is 1. The first-order chi connectivity index (χ1) is 11.7. The maximum absolute atomic E-state index is 12.8. The Morgan fingerprint density at radius 2 is 1.80 bits per heavy atom. The summed E-state index contributed by atoms with van der Waals surface area (Å²) >= 11 is 13.0. The Hall–Kier alpha value is -1.37. The zero-order chi connectivity index (χ0) is 18.6. The van der Waals surface area contributed by atoms with Crippen molar-refractivity contribution in [1.82, 2.24) is 0 Å². The van der Waals surface area contributed by atoms with Crippen molar-refractivity contribution in [3.05, 3.63) is 58.1 Å². The predicted octanol–water partition coefficient (Wildman–Crippen LogP) is 6.52. The predicted molar refractivity (Wildman–Crippen MR) is 96.5 cm³/mol. The molecular formula is C17H14Cl2F3NOS. The van der Waals surface area contributed by atoms with Crippen molar-refractivity contribution in [3.8, 4) is 0 Å². The van der Waals surface area contributed by atoms with Gasteiger partial charge in [0.15, 0.2) is 0 Å². The van der Waals surface area contributed by atoms with E-state index in [-0.39, 0.29) is 10.7 Å². The lowest BCUT2D eigenvalue weighted by molar-refractivity contribution is -0.137. The second-order valence-electron chi connectivity index (χ2n) is 5.15. The molecule has 0 heterocycles. The fraction of sp³-hybridized carbons (Fsp3) is 0.235. The Bertz CT molecular complexity index is 751. The third kappa shape index (κ3) is 5.56. The molecule has 0 fully saturated rings. The third-order valence-electron chi connectivity index (χ3n) is 3.31. The lowest BCUT2D eigenvalue weighted by atomic mass is 10.2. The van der Waals surface area contributed by atoms with Gasteiger partial charge in [-0.3, -0.25) is 4.79 Å². The van der Waals surface area contributed by atoms with E-state index in [2.05, 4.69) is 5.32 Å². The molecule has 1 amide bonds. The van der Waals surface area contributed by atoms with Gasteiger partial charge in [-0.1, -0.05) is 30.1 Å². The minimum Gasteiger partial charge on any atom is -0.324 e. The SMILES string of the molecule is CC[C@@H](Sc1ccc(Cl)cc1)C(=O)Nc1cc(C(F)(F)F)ccc1Cl. The molecule has 0 radical (unpaired) electrons. The number of alkyl halides is 3. The Morgan fingerprint density at radius 3 is 2.36 bits per heavy atom. The van der Waals surface area contributed by atoms with E-state index in [4.69, 9.17) is 23.2 Å². The molecule has 2 aromatic carbocycles. The number of rotatable bonds is 5. The Morgan fingerprint density at radius 1 is 1.16 bits per heavy atom. The highest BCUT2D eigenvalue weighted by Gasteiger charge is 2.31. The second kappa shape index (κ2) is 8.34. The van der Waals surface area contributed by atoms with Crippen molar-refractivity contribution >= 4 is 46.6 Å². The van der Waals surface area contributed by atoms with Crippen LogP contribution in [0.5, 0.6) is 0 Å². The van der Waals surface area contributed by atoms with Crippen molar-refractivity contribution in [3.63, 3.8) is 0 Å². The minimum absolute atomic E-state index is 0.0488. The van der Waals surface area contributed by atoms with Crippen LogP contribution in [0.4, 0.5) is 18.9 Å². The Balaban J connectivity index is 2.15. The maximum atomic E-state index is 12.8.